The fourth-order valence-corrected chi connectivity index (χ4v) is 15.6. The average Bonchev–Trinajstić information content (AvgIpc) is 1.21. The highest BCUT2D eigenvalue weighted by molar-refractivity contribution is 5.96. The number of nitrogens with two attached hydrogens (primary N) is 1. The van der Waals surface area contributed by atoms with E-state index in [9.17, 15) is 4.79 Å². The van der Waals surface area contributed by atoms with Gasteiger partial charge in [-0.2, -0.15) is 5.26 Å². The Balaban J connectivity index is 0.000000257. The maximum atomic E-state index is 13.8. The first-order valence-electron chi connectivity index (χ1n) is 42.2. The lowest BCUT2D eigenvalue weighted by atomic mass is 10.1. The molecule has 6 atom stereocenters. The number of hydrogen-bond acceptors (Lipinski definition) is 20. The summed E-state index contributed by atoms with van der Waals surface area (Å²) in [5, 5.41) is 18.9. The van der Waals surface area contributed by atoms with Gasteiger partial charge in [-0.3, -0.25) is 29.3 Å². The number of nitrogens with one attached hydrogen (secondary N) is 3. The van der Waals surface area contributed by atoms with Gasteiger partial charge in [0, 0.05) is 137 Å². The maximum Gasteiger partial charge on any atom is 0.254 e. The van der Waals surface area contributed by atoms with Crippen LogP contribution in [0.5, 0.6) is 17.2 Å². The van der Waals surface area contributed by atoms with Crippen LogP contribution in [-0.2, 0) is 28.4 Å². The smallest absolute Gasteiger partial charge is 0.254 e. The van der Waals surface area contributed by atoms with E-state index in [4.69, 9.17) is 53.6 Å². The molecule has 21 heteroatoms. The molecule has 4 unspecified atom stereocenters. The molecule has 112 heavy (non-hydrogen) atoms. The summed E-state index contributed by atoms with van der Waals surface area (Å²) in [6, 6.07) is 39.3. The highest BCUT2D eigenvalue weighted by Gasteiger charge is 2.29. The lowest BCUT2D eigenvalue weighted by Gasteiger charge is -2.27. The van der Waals surface area contributed by atoms with E-state index in [1.54, 1.807) is 61.9 Å². The second-order valence-corrected chi connectivity index (χ2v) is 30.1. The summed E-state index contributed by atoms with van der Waals surface area (Å²) in [4.78, 5) is 28.0. The Kier molecular flexibility index (Phi) is 52.0. The molecule has 6 fully saturated rings. The second-order valence-electron chi connectivity index (χ2n) is 30.1. The SMILES string of the molecule is CCO[C@H]1CCCN1CCCN(C/C(C)=C/c1ccccc1)C(=O)c1cc(OC)c(OC)c(OC)c1.CCO[C@H]1CCCN1CCCNC/C(C)=C/c1ccccc1.COCC1CCCN1.COCC1CCCN1CCC#N.COCC1CCCN1CCCN.COCC1CCCN1CCCNC/C(C)=C/c1ccccc1. The van der Waals surface area contributed by atoms with Crippen LogP contribution in [0.2, 0.25) is 0 Å². The summed E-state index contributed by atoms with van der Waals surface area (Å²) >= 11 is 0. The molecule has 0 aromatic heterocycles. The van der Waals surface area contributed by atoms with Crippen LogP contribution in [0.3, 0.4) is 0 Å². The minimum Gasteiger partial charge on any atom is -0.493 e. The molecule has 4 aromatic rings. The topological polar surface area (TPSA) is 205 Å². The molecule has 628 valence electrons. The van der Waals surface area contributed by atoms with E-state index >= 15 is 0 Å². The average molecular weight is 1560 g/mol. The number of benzene rings is 4. The molecule has 0 aliphatic carbocycles. The molecule has 5 N–H and O–H groups in total. The Bertz CT molecular complexity index is 3070. The number of nitriles is 1. The van der Waals surface area contributed by atoms with Gasteiger partial charge in [-0.05, 0) is 225 Å². The molecule has 0 saturated carbocycles. The molecular weight excluding hydrogens is 1410 g/mol. The van der Waals surface area contributed by atoms with Gasteiger partial charge in [0.15, 0.2) is 11.5 Å². The standard InChI is InChI=1S/C29H40N2O5.2C19H30N2O.C9H20N2O.C9H16N2O.C6H13NO/c1-6-36-27-14-10-15-30(27)16-11-17-31(21-22(2)18-23-12-8-7-9-13-23)29(32)24-19-25(33-3)28(35-5)26(20-24)34-4;1-17(14-18-8-4-3-5-9-18)15-20-11-7-13-21-12-6-10-19(21)16-22-2;1-3-22-19-11-7-13-21(19)14-8-12-20-16-17(2)15-18-9-5-4-6-10-18;2*1-12-8-9-4-2-6-11(9)7-3-5-10;1-8-5-6-3-2-4-7-6/h7-9,12-13,18-20,27H,6,10-11,14-17,21H2,1-5H3;3-5,8-9,14,19-20H,6-7,10-13,15-16H2,1-2H3;4-6,9-10,15,19-20H,3,7-8,11-14,16H2,1-2H3;9H,2-8,10H2,1H3;9H,2-4,6-8H2,1H3;6-7H,2-5H2,1H3/b22-18+;17-14+;17-15+;;;/t27-;;19-;;;/m0.0.../s1. The zero-order valence-electron chi connectivity index (χ0n) is 71.3. The van der Waals surface area contributed by atoms with Gasteiger partial charge >= 0.3 is 0 Å². The zero-order valence-corrected chi connectivity index (χ0v) is 71.3. The van der Waals surface area contributed by atoms with E-state index in [2.05, 4.69) is 165 Å². The first-order chi connectivity index (χ1) is 54.8. The van der Waals surface area contributed by atoms with E-state index in [0.717, 1.165) is 148 Å². The van der Waals surface area contributed by atoms with E-state index in [0.29, 0.717) is 72.7 Å². The molecule has 21 nitrogen and oxygen atoms in total. The van der Waals surface area contributed by atoms with Crippen molar-refractivity contribution < 1.29 is 47.4 Å². The number of nitrogens with zero attached hydrogens (tertiary/aromatic N) is 7. The van der Waals surface area contributed by atoms with E-state index in [1.165, 1.54) is 132 Å². The molecule has 0 spiro atoms. The second kappa shape index (κ2) is 60.4. The minimum atomic E-state index is -0.0714. The van der Waals surface area contributed by atoms with E-state index < -0.39 is 0 Å². The van der Waals surface area contributed by atoms with Crippen LogP contribution in [0.25, 0.3) is 18.2 Å². The van der Waals surface area contributed by atoms with Crippen LogP contribution >= 0.6 is 0 Å². The van der Waals surface area contributed by atoms with Crippen molar-refractivity contribution in [2.45, 2.75) is 180 Å². The molecule has 6 aliphatic rings. The van der Waals surface area contributed by atoms with Gasteiger partial charge in [0.25, 0.3) is 5.91 Å². The van der Waals surface area contributed by atoms with Crippen molar-refractivity contribution in [3.63, 3.8) is 0 Å². The molecule has 4 aromatic carbocycles. The number of likely N-dealkylation sites (tertiary alicyclic amines) is 5. The molecule has 6 heterocycles. The Labute approximate surface area is 677 Å². The van der Waals surface area contributed by atoms with Crippen LogP contribution in [-0.4, -0.2) is 279 Å². The first kappa shape index (κ1) is 96.4. The molecule has 1 amide bonds. The summed E-state index contributed by atoms with van der Waals surface area (Å²) in [5.41, 5.74) is 13.5. The zero-order chi connectivity index (χ0) is 80.6. The van der Waals surface area contributed by atoms with Crippen molar-refractivity contribution in [1.29, 1.82) is 5.26 Å². The molecular formula is C91H149N11O10. The number of carbonyl (C=O) groups excluding carboxylic acids is 1. The van der Waals surface area contributed by atoms with Gasteiger partial charge in [0.05, 0.1) is 53.8 Å². The number of hydrogen-bond donors (Lipinski definition) is 4. The Morgan fingerprint density at radius 2 is 0.929 bits per heavy atom. The monoisotopic (exact) mass is 1560 g/mol. The quantitative estimate of drug-likeness (QED) is 0.0304. The van der Waals surface area contributed by atoms with Crippen molar-refractivity contribution in [3.8, 4) is 23.3 Å². The van der Waals surface area contributed by atoms with Crippen molar-refractivity contribution in [3.05, 3.63) is 142 Å². The van der Waals surface area contributed by atoms with Gasteiger partial charge < -0.3 is 69.2 Å². The van der Waals surface area contributed by atoms with Gasteiger partial charge in [0.1, 0.15) is 12.5 Å². The fraction of sp³-hybridized carbons (Fsp3) is 0.648. The third-order valence-electron chi connectivity index (χ3n) is 21.1. The summed E-state index contributed by atoms with van der Waals surface area (Å²) in [6.45, 7) is 33.9. The summed E-state index contributed by atoms with van der Waals surface area (Å²) in [6.07, 6.45) is 27.2. The predicted octanol–water partition coefficient (Wildman–Crippen LogP) is 13.7. The normalized spacial score (nSPS) is 20.3. The van der Waals surface area contributed by atoms with Crippen LogP contribution < -0.4 is 35.9 Å². The summed E-state index contributed by atoms with van der Waals surface area (Å²) in [5.74, 6) is 1.33. The van der Waals surface area contributed by atoms with Crippen LogP contribution in [0, 0.1) is 11.3 Å². The van der Waals surface area contributed by atoms with Crippen LogP contribution in [0.4, 0.5) is 0 Å². The maximum absolute atomic E-state index is 13.8. The van der Waals surface area contributed by atoms with Gasteiger partial charge in [-0.1, -0.05) is 126 Å². The number of amides is 1. The number of methoxy groups -OCH3 is 7. The van der Waals surface area contributed by atoms with Crippen molar-refractivity contribution in [1.82, 2.24) is 45.3 Å². The van der Waals surface area contributed by atoms with Gasteiger partial charge in [0.2, 0.25) is 5.75 Å². The van der Waals surface area contributed by atoms with Crippen LogP contribution in [0.15, 0.2) is 120 Å². The minimum absolute atomic E-state index is 0.0714. The Morgan fingerprint density at radius 3 is 1.33 bits per heavy atom. The Hall–Kier alpha value is -6.14. The molecule has 0 bridgehead atoms. The van der Waals surface area contributed by atoms with Gasteiger partial charge in [-0.15, -0.1) is 0 Å². The lowest BCUT2D eigenvalue weighted by molar-refractivity contribution is -0.0301. The number of ether oxygens (including phenoxy) is 9. The number of rotatable bonds is 42. The molecule has 6 aliphatic heterocycles. The van der Waals surface area contributed by atoms with Gasteiger partial charge in [-0.25, -0.2) is 0 Å². The predicted molar refractivity (Wildman–Crippen MR) is 461 cm³/mol. The lowest BCUT2D eigenvalue weighted by Crippen LogP contribution is -2.37. The number of carbonyl (C=O) groups is 1. The van der Waals surface area contributed by atoms with E-state index in [1.807, 2.05) is 30.0 Å². The van der Waals surface area contributed by atoms with Crippen molar-refractivity contribution >= 4 is 24.1 Å². The molecule has 6 saturated heterocycles. The highest BCUT2D eigenvalue weighted by atomic mass is 16.5. The fourth-order valence-electron chi connectivity index (χ4n) is 15.6. The van der Waals surface area contributed by atoms with E-state index in [-0.39, 0.29) is 12.1 Å². The third-order valence-corrected chi connectivity index (χ3v) is 21.1. The highest BCUT2D eigenvalue weighted by Crippen LogP contribution is 2.39. The first-order valence-corrected chi connectivity index (χ1v) is 42.2. The largest absolute Gasteiger partial charge is 0.493 e. The molecule has 10 rings (SSSR count). The third kappa shape index (κ3) is 38.5. The molecule has 0 radical (unpaired) electrons. The van der Waals surface area contributed by atoms with Crippen molar-refractivity contribution in [2.75, 3.05) is 207 Å². The van der Waals surface area contributed by atoms with Crippen LogP contribution in [0.1, 0.15) is 171 Å². The Morgan fingerprint density at radius 1 is 0.518 bits per heavy atom. The van der Waals surface area contributed by atoms with Crippen molar-refractivity contribution in [2.24, 2.45) is 5.73 Å². The summed E-state index contributed by atoms with van der Waals surface area (Å²) in [7, 11) is 11.7. The summed E-state index contributed by atoms with van der Waals surface area (Å²) < 4.78 is 48.6.